The standard InChI is InChI=1S/C21H26N2O2S/c1-15-4-7-18(8-5-15)14-26-11-10-22-20(24)13-23-21(25)19-9-6-16(2)17(3)12-19/h4-9,12H,10-11,13-14H2,1-3H3,(H,22,24)(H,23,25). The molecule has 0 unspecified atom stereocenters. The normalized spacial score (nSPS) is 10.4. The molecule has 0 bridgehead atoms. The molecule has 2 aromatic rings. The molecule has 0 fully saturated rings. The second kappa shape index (κ2) is 10.0. The molecule has 0 aromatic heterocycles. The number of rotatable bonds is 8. The Hall–Kier alpha value is -2.27. The van der Waals surface area contributed by atoms with Crippen LogP contribution in [-0.4, -0.2) is 30.7 Å². The van der Waals surface area contributed by atoms with Gasteiger partial charge in [-0.25, -0.2) is 0 Å². The average molecular weight is 371 g/mol. The summed E-state index contributed by atoms with van der Waals surface area (Å²) in [6.07, 6.45) is 0. The van der Waals surface area contributed by atoms with Crippen molar-refractivity contribution in [2.45, 2.75) is 26.5 Å². The van der Waals surface area contributed by atoms with Gasteiger partial charge in [0.25, 0.3) is 5.91 Å². The number of thioether (sulfide) groups is 1. The molecule has 26 heavy (non-hydrogen) atoms. The summed E-state index contributed by atoms with van der Waals surface area (Å²) in [4.78, 5) is 23.9. The lowest BCUT2D eigenvalue weighted by molar-refractivity contribution is -0.120. The minimum atomic E-state index is -0.225. The SMILES string of the molecule is Cc1ccc(CSCCNC(=O)CNC(=O)c2ccc(C)c(C)c2)cc1. The zero-order chi connectivity index (χ0) is 18.9. The molecule has 0 radical (unpaired) electrons. The van der Waals surface area contributed by atoms with Gasteiger partial charge in [0, 0.05) is 23.6 Å². The van der Waals surface area contributed by atoms with E-state index in [1.54, 1.807) is 17.8 Å². The molecule has 2 N–H and O–H groups in total. The van der Waals surface area contributed by atoms with Gasteiger partial charge < -0.3 is 10.6 Å². The van der Waals surface area contributed by atoms with Crippen LogP contribution < -0.4 is 10.6 Å². The number of carbonyl (C=O) groups excluding carboxylic acids is 2. The third-order valence-corrected chi connectivity index (χ3v) is 5.17. The first kappa shape index (κ1) is 20.0. The van der Waals surface area contributed by atoms with Crippen molar-refractivity contribution in [3.05, 3.63) is 70.3 Å². The van der Waals surface area contributed by atoms with E-state index in [-0.39, 0.29) is 18.4 Å². The Morgan fingerprint density at radius 2 is 1.65 bits per heavy atom. The zero-order valence-electron chi connectivity index (χ0n) is 15.6. The van der Waals surface area contributed by atoms with Crippen molar-refractivity contribution < 1.29 is 9.59 Å². The Bertz CT molecular complexity index is 757. The van der Waals surface area contributed by atoms with Crippen LogP contribution in [0, 0.1) is 20.8 Å². The van der Waals surface area contributed by atoms with Crippen LogP contribution in [0.2, 0.25) is 0 Å². The Morgan fingerprint density at radius 1 is 0.923 bits per heavy atom. The van der Waals surface area contributed by atoms with Crippen LogP contribution >= 0.6 is 11.8 Å². The monoisotopic (exact) mass is 370 g/mol. The van der Waals surface area contributed by atoms with Gasteiger partial charge in [-0.2, -0.15) is 11.8 Å². The summed E-state index contributed by atoms with van der Waals surface area (Å²) in [6, 6.07) is 14.0. The van der Waals surface area contributed by atoms with Crippen molar-refractivity contribution in [3.63, 3.8) is 0 Å². The van der Waals surface area contributed by atoms with E-state index in [0.717, 1.165) is 22.6 Å². The molecule has 4 nitrogen and oxygen atoms in total. The van der Waals surface area contributed by atoms with Crippen LogP contribution in [0.25, 0.3) is 0 Å². The van der Waals surface area contributed by atoms with Crippen molar-refractivity contribution in [1.82, 2.24) is 10.6 Å². The molecule has 2 rings (SSSR count). The fraction of sp³-hybridized carbons (Fsp3) is 0.333. The molecule has 5 heteroatoms. The van der Waals surface area contributed by atoms with Crippen LogP contribution in [0.1, 0.15) is 32.6 Å². The van der Waals surface area contributed by atoms with Crippen molar-refractivity contribution >= 4 is 23.6 Å². The van der Waals surface area contributed by atoms with E-state index in [0.29, 0.717) is 12.1 Å². The number of hydrogen-bond acceptors (Lipinski definition) is 3. The molecule has 0 saturated carbocycles. The number of aryl methyl sites for hydroxylation is 3. The number of carbonyl (C=O) groups is 2. The summed E-state index contributed by atoms with van der Waals surface area (Å²) in [5, 5.41) is 5.49. The van der Waals surface area contributed by atoms with Gasteiger partial charge >= 0.3 is 0 Å². The number of nitrogens with one attached hydrogen (secondary N) is 2. The van der Waals surface area contributed by atoms with E-state index in [1.807, 2.05) is 26.0 Å². The Morgan fingerprint density at radius 3 is 2.35 bits per heavy atom. The van der Waals surface area contributed by atoms with E-state index in [2.05, 4.69) is 41.8 Å². The van der Waals surface area contributed by atoms with Crippen molar-refractivity contribution in [3.8, 4) is 0 Å². The lowest BCUT2D eigenvalue weighted by atomic mass is 10.1. The van der Waals surface area contributed by atoms with Gasteiger partial charge in [0.1, 0.15) is 0 Å². The summed E-state index contributed by atoms with van der Waals surface area (Å²) in [5.74, 6) is 1.37. The Kier molecular flexibility index (Phi) is 7.73. The van der Waals surface area contributed by atoms with Crippen LogP contribution in [0.15, 0.2) is 42.5 Å². The zero-order valence-corrected chi connectivity index (χ0v) is 16.4. The molecule has 2 amide bonds. The highest BCUT2D eigenvalue weighted by Gasteiger charge is 2.08. The Labute approximate surface area is 159 Å². The van der Waals surface area contributed by atoms with Crippen LogP contribution in [0.3, 0.4) is 0 Å². The predicted octanol–water partition coefficient (Wildman–Crippen LogP) is 3.39. The minimum absolute atomic E-state index is 0.00557. The van der Waals surface area contributed by atoms with Crippen LogP contribution in [-0.2, 0) is 10.5 Å². The van der Waals surface area contributed by atoms with Crippen molar-refractivity contribution in [2.24, 2.45) is 0 Å². The molecule has 0 saturated heterocycles. The summed E-state index contributed by atoms with van der Waals surface area (Å²) in [5.41, 5.74) is 5.33. The fourth-order valence-electron chi connectivity index (χ4n) is 2.34. The molecule has 138 valence electrons. The van der Waals surface area contributed by atoms with Gasteiger partial charge in [0.15, 0.2) is 0 Å². The minimum Gasteiger partial charge on any atom is -0.354 e. The molecule has 2 aromatic carbocycles. The van der Waals surface area contributed by atoms with Gasteiger partial charge in [0.2, 0.25) is 5.91 Å². The van der Waals surface area contributed by atoms with E-state index in [4.69, 9.17) is 0 Å². The van der Waals surface area contributed by atoms with Crippen molar-refractivity contribution in [2.75, 3.05) is 18.8 Å². The maximum Gasteiger partial charge on any atom is 0.251 e. The molecule has 0 heterocycles. The quantitative estimate of drug-likeness (QED) is 0.700. The lowest BCUT2D eigenvalue weighted by Gasteiger charge is -2.08. The smallest absolute Gasteiger partial charge is 0.251 e. The predicted molar refractivity (Wildman–Crippen MR) is 109 cm³/mol. The van der Waals surface area contributed by atoms with E-state index < -0.39 is 0 Å². The second-order valence-electron chi connectivity index (χ2n) is 6.37. The van der Waals surface area contributed by atoms with Crippen LogP contribution in [0.5, 0.6) is 0 Å². The van der Waals surface area contributed by atoms with Crippen LogP contribution in [0.4, 0.5) is 0 Å². The van der Waals surface area contributed by atoms with E-state index in [1.165, 1.54) is 11.1 Å². The van der Waals surface area contributed by atoms with Gasteiger partial charge in [0.05, 0.1) is 6.54 Å². The molecule has 0 spiro atoms. The third kappa shape index (κ3) is 6.56. The highest BCUT2D eigenvalue weighted by atomic mass is 32.2. The molecular weight excluding hydrogens is 344 g/mol. The molecule has 0 atom stereocenters. The Balaban J connectivity index is 1.61. The van der Waals surface area contributed by atoms with Gasteiger partial charge in [-0.1, -0.05) is 35.9 Å². The van der Waals surface area contributed by atoms with Gasteiger partial charge in [-0.3, -0.25) is 9.59 Å². The maximum absolute atomic E-state index is 12.1. The molecule has 0 aliphatic rings. The molecule has 0 aliphatic heterocycles. The second-order valence-corrected chi connectivity index (χ2v) is 7.48. The van der Waals surface area contributed by atoms with Gasteiger partial charge in [-0.15, -0.1) is 0 Å². The van der Waals surface area contributed by atoms with Gasteiger partial charge in [-0.05, 0) is 49.6 Å². The number of amides is 2. The topological polar surface area (TPSA) is 58.2 Å². The summed E-state index contributed by atoms with van der Waals surface area (Å²) >= 11 is 1.78. The first-order valence-electron chi connectivity index (χ1n) is 8.71. The summed E-state index contributed by atoms with van der Waals surface area (Å²) in [6.45, 7) is 6.63. The molecule has 0 aliphatic carbocycles. The first-order chi connectivity index (χ1) is 12.5. The van der Waals surface area contributed by atoms with Crippen molar-refractivity contribution in [1.29, 1.82) is 0 Å². The van der Waals surface area contributed by atoms with E-state index in [9.17, 15) is 9.59 Å². The highest BCUT2D eigenvalue weighted by Crippen LogP contribution is 2.12. The first-order valence-corrected chi connectivity index (χ1v) is 9.86. The summed E-state index contributed by atoms with van der Waals surface area (Å²) in [7, 11) is 0. The third-order valence-electron chi connectivity index (χ3n) is 4.14. The fourth-order valence-corrected chi connectivity index (χ4v) is 3.16. The van der Waals surface area contributed by atoms with E-state index >= 15 is 0 Å². The number of benzene rings is 2. The number of hydrogen-bond donors (Lipinski definition) is 2. The maximum atomic E-state index is 12.1. The highest BCUT2D eigenvalue weighted by molar-refractivity contribution is 7.98. The summed E-state index contributed by atoms with van der Waals surface area (Å²) < 4.78 is 0. The largest absolute Gasteiger partial charge is 0.354 e. The average Bonchev–Trinajstić information content (AvgIpc) is 2.63. The molecular formula is C21H26N2O2S. The lowest BCUT2D eigenvalue weighted by Crippen LogP contribution is -2.37.